The molecular weight excluding hydrogens is 195 g/mol. The van der Waals surface area contributed by atoms with Gasteiger partial charge >= 0.3 is 57.5 Å². The van der Waals surface area contributed by atoms with Crippen LogP contribution >= 0.6 is 0 Å². The van der Waals surface area contributed by atoms with Gasteiger partial charge in [0, 0.05) is 0 Å². The van der Waals surface area contributed by atoms with Crippen LogP contribution in [0.25, 0.3) is 6.08 Å². The van der Waals surface area contributed by atoms with E-state index in [1.54, 1.807) is 6.08 Å². The van der Waals surface area contributed by atoms with Gasteiger partial charge in [-0.3, -0.25) is 6.58 Å². The van der Waals surface area contributed by atoms with Gasteiger partial charge in [-0.25, -0.2) is 10.9 Å². The summed E-state index contributed by atoms with van der Waals surface area (Å²) in [6, 6.07) is 9.80. The molecule has 2 N–H and O–H groups in total. The van der Waals surface area contributed by atoms with Crippen molar-refractivity contribution in [2.45, 2.75) is 0 Å². The molecule has 0 heterocycles. The molecule has 4 heteroatoms. The van der Waals surface area contributed by atoms with Crippen LogP contribution in [0.5, 0.6) is 0 Å². The number of hydrogen-bond donors (Lipinski definition) is 2. The summed E-state index contributed by atoms with van der Waals surface area (Å²) in [5.41, 5.74) is 1.06. The molecule has 0 amide bonds. The van der Waals surface area contributed by atoms with Crippen molar-refractivity contribution in [1.29, 1.82) is 0 Å². The zero-order valence-electron chi connectivity index (χ0n) is 7.34. The summed E-state index contributed by atoms with van der Waals surface area (Å²) in [7, 11) is 0. The fourth-order valence-electron chi connectivity index (χ4n) is 0.564. The Hall–Kier alpha value is -0.134. The first-order chi connectivity index (χ1) is 5.66. The van der Waals surface area contributed by atoms with Gasteiger partial charge in [0.1, 0.15) is 0 Å². The smallest absolute Gasteiger partial charge is 0.450 e. The molecule has 0 fully saturated rings. The average Bonchev–Trinajstić information content (AvgIpc) is 2.05. The van der Waals surface area contributed by atoms with Gasteiger partial charge in [0.05, 0.1) is 0 Å². The second kappa shape index (κ2) is 9.95. The van der Waals surface area contributed by atoms with Gasteiger partial charge in [-0.1, -0.05) is 18.2 Å². The van der Waals surface area contributed by atoms with Crippen molar-refractivity contribution in [3.8, 4) is 0 Å². The molecule has 0 saturated heterocycles. The van der Waals surface area contributed by atoms with E-state index in [0.29, 0.717) is 0 Å². The number of carboxylic acid groups (broad SMARTS) is 2. The summed E-state index contributed by atoms with van der Waals surface area (Å²) in [6.07, 6.45) is -0.250. The summed E-state index contributed by atoms with van der Waals surface area (Å²) in [5, 5.41) is 13.9. The maximum Gasteiger partial charge on any atom is 1.00 e. The van der Waals surface area contributed by atoms with Crippen LogP contribution in [0.1, 0.15) is 5.56 Å². The molecule has 1 rings (SSSR count). The second-order valence-corrected chi connectivity index (χ2v) is 1.86. The van der Waals surface area contributed by atoms with E-state index in [0.717, 1.165) is 5.56 Å². The topological polar surface area (TPSA) is 57.5 Å². The summed E-state index contributed by atoms with van der Waals surface area (Å²) in [4.78, 5) is 8.56. The van der Waals surface area contributed by atoms with Crippen LogP contribution in [-0.4, -0.2) is 16.4 Å². The van der Waals surface area contributed by atoms with E-state index >= 15 is 0 Å². The number of rotatable bonds is 1. The van der Waals surface area contributed by atoms with Crippen LogP contribution < -0.4 is 51.4 Å². The molecule has 0 radical (unpaired) electrons. The minimum absolute atomic E-state index is 0. The Morgan fingerprint density at radius 2 is 1.62 bits per heavy atom. The van der Waals surface area contributed by atoms with Gasteiger partial charge in [-0.05, 0) is 0 Å². The number of hydrogen-bond acceptors (Lipinski definition) is 1. The average molecular weight is 204 g/mol. The Balaban J connectivity index is 0. The predicted molar refractivity (Wildman–Crippen MR) is 45.9 cm³/mol. The van der Waals surface area contributed by atoms with Crippen LogP contribution in [0.4, 0.5) is 4.79 Å². The monoisotopic (exact) mass is 204 g/mol. The van der Waals surface area contributed by atoms with Crippen molar-refractivity contribution in [1.82, 2.24) is 0 Å². The Morgan fingerprint density at radius 3 is 1.85 bits per heavy atom. The molecule has 0 aliphatic heterocycles. The summed E-state index contributed by atoms with van der Waals surface area (Å²) >= 11 is 0. The first-order valence-corrected chi connectivity index (χ1v) is 3.18. The number of carbonyl (C=O) groups is 1. The molecule has 0 aromatic heterocycles. The van der Waals surface area contributed by atoms with Crippen LogP contribution in [0, 0.1) is 6.58 Å². The fourth-order valence-corrected chi connectivity index (χ4v) is 0.564. The van der Waals surface area contributed by atoms with E-state index in [9.17, 15) is 0 Å². The molecule has 1 aromatic carbocycles. The van der Waals surface area contributed by atoms with E-state index < -0.39 is 6.16 Å². The maximum absolute atomic E-state index is 8.56. The van der Waals surface area contributed by atoms with Gasteiger partial charge in [0.2, 0.25) is 0 Å². The van der Waals surface area contributed by atoms with E-state index in [1.165, 1.54) is 0 Å². The molecule has 0 aliphatic rings. The van der Waals surface area contributed by atoms with Gasteiger partial charge in [-0.15, -0.1) is 12.1 Å². The van der Waals surface area contributed by atoms with Crippen molar-refractivity contribution < 1.29 is 66.4 Å². The molecule has 13 heavy (non-hydrogen) atoms. The van der Waals surface area contributed by atoms with Gasteiger partial charge < -0.3 is 10.2 Å². The summed E-state index contributed by atoms with van der Waals surface area (Å²) < 4.78 is 0. The molecule has 3 nitrogen and oxygen atoms in total. The molecule has 0 unspecified atom stereocenters. The molecule has 64 valence electrons. The van der Waals surface area contributed by atoms with E-state index in [2.05, 4.69) is 0 Å². The molecule has 0 spiro atoms. The van der Waals surface area contributed by atoms with Crippen molar-refractivity contribution in [2.24, 2.45) is 0 Å². The first kappa shape index (κ1) is 15.3. The Bertz CT molecular complexity index is 242. The van der Waals surface area contributed by atoms with Crippen LogP contribution in [0.2, 0.25) is 0 Å². The Morgan fingerprint density at radius 1 is 1.23 bits per heavy atom. The molecule has 0 bridgehead atoms. The third-order valence-electron chi connectivity index (χ3n) is 0.992. The van der Waals surface area contributed by atoms with Crippen molar-refractivity contribution in [3.05, 3.63) is 42.5 Å². The predicted octanol–water partition coefficient (Wildman–Crippen LogP) is -0.641. The van der Waals surface area contributed by atoms with Crippen LogP contribution in [0.15, 0.2) is 30.3 Å². The van der Waals surface area contributed by atoms with E-state index in [1.807, 2.05) is 30.3 Å². The molecule has 0 saturated carbocycles. The van der Waals surface area contributed by atoms with Crippen molar-refractivity contribution in [2.75, 3.05) is 0 Å². The number of benzene rings is 1. The minimum atomic E-state index is -1.83. The van der Waals surface area contributed by atoms with Crippen LogP contribution in [-0.2, 0) is 0 Å². The third kappa shape index (κ3) is 11.9. The minimum Gasteiger partial charge on any atom is -0.450 e. The first-order valence-electron chi connectivity index (χ1n) is 3.18. The molecule has 0 aliphatic carbocycles. The quantitative estimate of drug-likeness (QED) is 0.472. The molecule has 1 aromatic rings. The Labute approximate surface area is 120 Å². The van der Waals surface area contributed by atoms with E-state index in [4.69, 9.17) is 21.6 Å². The largest absolute Gasteiger partial charge is 1.00 e. The second-order valence-electron chi connectivity index (χ2n) is 1.86. The maximum atomic E-state index is 8.56. The SMILES string of the molecule is O=C(O)O.[CH-]=Cc1ccccc1.[K+]. The summed E-state index contributed by atoms with van der Waals surface area (Å²) in [5.74, 6) is 0. The van der Waals surface area contributed by atoms with Gasteiger partial charge in [0.15, 0.2) is 0 Å². The van der Waals surface area contributed by atoms with Gasteiger partial charge in [0.25, 0.3) is 0 Å². The standard InChI is InChI=1S/C8H7.CH2O3.K/c1-2-8-6-4-3-5-7-8;2-1(3)4;/h1-7H;(H2,2,3,4);/q-1;;+1. The zero-order valence-corrected chi connectivity index (χ0v) is 10.5. The van der Waals surface area contributed by atoms with Crippen molar-refractivity contribution >= 4 is 12.2 Å². The van der Waals surface area contributed by atoms with Crippen LogP contribution in [0.3, 0.4) is 0 Å². The molecular formula is C9H9KO3. The van der Waals surface area contributed by atoms with Crippen molar-refractivity contribution in [3.63, 3.8) is 0 Å². The zero-order chi connectivity index (χ0) is 9.40. The normalized spacial score (nSPS) is 7.08. The van der Waals surface area contributed by atoms with Gasteiger partial charge in [-0.2, -0.15) is 5.56 Å². The Kier molecular flexibility index (Phi) is 11.7. The fraction of sp³-hybridized carbons (Fsp3) is 0. The van der Waals surface area contributed by atoms with E-state index in [-0.39, 0.29) is 51.4 Å². The third-order valence-corrected chi connectivity index (χ3v) is 0.992. The molecule has 0 atom stereocenters. The summed E-state index contributed by atoms with van der Waals surface area (Å²) in [6.45, 7) is 5.22.